The van der Waals surface area contributed by atoms with Crippen LogP contribution < -0.4 is 10.2 Å². The van der Waals surface area contributed by atoms with Crippen LogP contribution in [0.25, 0.3) is 22.3 Å². The molecule has 0 aliphatic rings. The molecule has 3 aromatic rings. The molecule has 0 aliphatic carbocycles. The molecule has 0 saturated heterocycles. The Morgan fingerprint density at radius 3 is 2.33 bits per heavy atom. The van der Waals surface area contributed by atoms with Gasteiger partial charge >= 0.3 is 0 Å². The number of methoxy groups -OCH3 is 1. The predicted octanol–water partition coefficient (Wildman–Crippen LogP) is 4.27. The number of rotatable bonds is 5. The van der Waals surface area contributed by atoms with Gasteiger partial charge in [0.1, 0.15) is 28.2 Å². The minimum atomic E-state index is -0.809. The van der Waals surface area contributed by atoms with Gasteiger partial charge in [-0.2, -0.15) is 0 Å². The van der Waals surface area contributed by atoms with Crippen LogP contribution in [0.2, 0.25) is 0 Å². The van der Waals surface area contributed by atoms with E-state index in [4.69, 9.17) is 15.6 Å². The van der Waals surface area contributed by atoms with Crippen molar-refractivity contribution in [2.45, 2.75) is 26.7 Å². The van der Waals surface area contributed by atoms with E-state index >= 15 is 0 Å². The van der Waals surface area contributed by atoms with Crippen LogP contribution in [0.15, 0.2) is 45.1 Å². The Kier molecular flexibility index (Phi) is 5.74. The molecule has 0 unspecified atom stereocenters. The summed E-state index contributed by atoms with van der Waals surface area (Å²) in [4.78, 5) is 13.0. The molecule has 0 bridgehead atoms. The Balaban J connectivity index is 2.41. The van der Waals surface area contributed by atoms with Crippen molar-refractivity contribution in [3.05, 3.63) is 57.3 Å². The van der Waals surface area contributed by atoms with Crippen LogP contribution in [0.4, 0.5) is 0 Å². The van der Waals surface area contributed by atoms with Crippen molar-refractivity contribution in [2.75, 3.05) is 7.11 Å². The number of phenols is 2. The smallest absolute Gasteiger partial charge is 0.238 e. The van der Waals surface area contributed by atoms with Gasteiger partial charge in [0.15, 0.2) is 5.76 Å². The number of hydrogen-bond acceptors (Lipinski definition) is 6. The van der Waals surface area contributed by atoms with Crippen molar-refractivity contribution >= 4 is 11.0 Å². The number of fused-ring (bicyclic) bond motifs is 1. The Hall–Kier alpha value is -3.85. The summed E-state index contributed by atoms with van der Waals surface area (Å²) in [7, 11) is 1.53. The monoisotopic (exact) mass is 406 g/mol. The maximum atomic E-state index is 13.0. The molecule has 154 valence electrons. The molecule has 0 spiro atoms. The third kappa shape index (κ3) is 3.58. The number of hydrogen-bond donors (Lipinski definition) is 3. The lowest BCUT2D eigenvalue weighted by atomic mass is 9.97. The normalized spacial score (nSPS) is 10.6. The molecule has 0 radical (unpaired) electrons. The highest BCUT2D eigenvalue weighted by molar-refractivity contribution is 5.93. The van der Waals surface area contributed by atoms with E-state index in [1.165, 1.54) is 7.11 Å². The van der Waals surface area contributed by atoms with Gasteiger partial charge in [-0.1, -0.05) is 11.6 Å². The highest BCUT2D eigenvalue weighted by Gasteiger charge is 2.25. The summed E-state index contributed by atoms with van der Waals surface area (Å²) in [6.07, 6.45) is 7.37. The summed E-state index contributed by atoms with van der Waals surface area (Å²) in [5.41, 5.74) is 0.970. The average molecular weight is 406 g/mol. The molecule has 3 rings (SSSR count). The van der Waals surface area contributed by atoms with E-state index < -0.39 is 16.9 Å². The standard InChI is InChI=1S/C24H22O6/c1-5-6-16-19(25)17(12-7-13(2)3)24-18(20(16)26)21(27)22(28)23(30-24)14-8-10-15(29-4)11-9-14/h1,7-11,25-26,28H,6,12H2,2-4H3. The highest BCUT2D eigenvalue weighted by Crippen LogP contribution is 2.42. The van der Waals surface area contributed by atoms with Gasteiger partial charge in [0.2, 0.25) is 11.2 Å². The molecule has 0 amide bonds. The molecule has 6 heteroatoms. The van der Waals surface area contributed by atoms with E-state index in [9.17, 15) is 20.1 Å². The van der Waals surface area contributed by atoms with Crippen LogP contribution in [0, 0.1) is 12.3 Å². The first-order valence-corrected chi connectivity index (χ1v) is 9.26. The maximum Gasteiger partial charge on any atom is 0.238 e. The lowest BCUT2D eigenvalue weighted by Crippen LogP contribution is -2.06. The lowest BCUT2D eigenvalue weighted by molar-refractivity contribution is 0.414. The number of phenolic OH excluding ortho intramolecular Hbond substituents is 2. The summed E-state index contributed by atoms with van der Waals surface area (Å²) >= 11 is 0. The van der Waals surface area contributed by atoms with Crippen molar-refractivity contribution in [1.29, 1.82) is 0 Å². The predicted molar refractivity (Wildman–Crippen MR) is 115 cm³/mol. The molecule has 0 fully saturated rings. The summed E-state index contributed by atoms with van der Waals surface area (Å²) in [5, 5.41) is 31.7. The molecule has 2 aromatic carbocycles. The molecule has 3 N–H and O–H groups in total. The quantitative estimate of drug-likeness (QED) is 0.432. The first kappa shape index (κ1) is 20.9. The zero-order chi connectivity index (χ0) is 22.0. The Bertz CT molecular complexity index is 1240. The Labute approximate surface area is 173 Å². The van der Waals surface area contributed by atoms with Gasteiger partial charge in [-0.25, -0.2) is 0 Å². The minimum Gasteiger partial charge on any atom is -0.507 e. The van der Waals surface area contributed by atoms with Gasteiger partial charge in [0.25, 0.3) is 0 Å². The van der Waals surface area contributed by atoms with Crippen LogP contribution in [-0.4, -0.2) is 22.4 Å². The summed E-state index contributed by atoms with van der Waals surface area (Å²) in [6, 6.07) is 6.58. The molecule has 6 nitrogen and oxygen atoms in total. The maximum absolute atomic E-state index is 13.0. The molecule has 1 aromatic heterocycles. The van der Waals surface area contributed by atoms with Gasteiger partial charge in [0, 0.05) is 23.1 Å². The fraction of sp³-hybridized carbons (Fsp3) is 0.208. The van der Waals surface area contributed by atoms with E-state index in [2.05, 4.69) is 5.92 Å². The van der Waals surface area contributed by atoms with Crippen LogP contribution in [-0.2, 0) is 12.8 Å². The van der Waals surface area contributed by atoms with Crippen molar-refractivity contribution in [3.63, 3.8) is 0 Å². The number of benzene rings is 2. The number of ether oxygens (including phenoxy) is 1. The number of terminal acetylenes is 1. The number of aromatic hydroxyl groups is 3. The van der Waals surface area contributed by atoms with Crippen molar-refractivity contribution in [2.24, 2.45) is 0 Å². The SMILES string of the molecule is C#CCc1c(O)c(CC=C(C)C)c2oc(-c3ccc(OC)cc3)c(O)c(=O)c2c1O. The Morgan fingerprint density at radius 2 is 1.77 bits per heavy atom. The fourth-order valence-electron chi connectivity index (χ4n) is 3.21. The molecular weight excluding hydrogens is 384 g/mol. The Morgan fingerprint density at radius 1 is 1.10 bits per heavy atom. The second-order valence-electron chi connectivity index (χ2n) is 7.06. The second-order valence-corrected chi connectivity index (χ2v) is 7.06. The van der Waals surface area contributed by atoms with Crippen LogP contribution in [0.5, 0.6) is 23.0 Å². The third-order valence-electron chi connectivity index (χ3n) is 4.80. The van der Waals surface area contributed by atoms with Crippen LogP contribution >= 0.6 is 0 Å². The topological polar surface area (TPSA) is 100 Å². The van der Waals surface area contributed by atoms with Crippen molar-refractivity contribution < 1.29 is 24.5 Å². The molecule has 1 heterocycles. The molecule has 0 atom stereocenters. The summed E-state index contributed by atoms with van der Waals surface area (Å²) in [5.74, 6) is 1.52. The first-order chi connectivity index (χ1) is 14.3. The average Bonchev–Trinajstić information content (AvgIpc) is 2.73. The molecule has 30 heavy (non-hydrogen) atoms. The minimum absolute atomic E-state index is 0.00288. The van der Waals surface area contributed by atoms with Gasteiger partial charge in [-0.3, -0.25) is 4.79 Å². The van der Waals surface area contributed by atoms with E-state index in [1.54, 1.807) is 24.3 Å². The van der Waals surface area contributed by atoms with E-state index in [1.807, 2.05) is 19.9 Å². The van der Waals surface area contributed by atoms with Gasteiger partial charge in [-0.15, -0.1) is 12.3 Å². The van der Waals surface area contributed by atoms with Gasteiger partial charge < -0.3 is 24.5 Å². The zero-order valence-electron chi connectivity index (χ0n) is 16.9. The van der Waals surface area contributed by atoms with E-state index in [0.29, 0.717) is 16.9 Å². The molecular formula is C24H22O6. The van der Waals surface area contributed by atoms with Crippen molar-refractivity contribution in [1.82, 2.24) is 0 Å². The largest absolute Gasteiger partial charge is 0.507 e. The van der Waals surface area contributed by atoms with Crippen LogP contribution in [0.3, 0.4) is 0 Å². The third-order valence-corrected chi connectivity index (χ3v) is 4.80. The zero-order valence-corrected chi connectivity index (χ0v) is 16.9. The lowest BCUT2D eigenvalue weighted by Gasteiger charge is -2.15. The highest BCUT2D eigenvalue weighted by atomic mass is 16.5. The van der Waals surface area contributed by atoms with Gasteiger partial charge in [-0.05, 0) is 44.5 Å². The summed E-state index contributed by atoms with van der Waals surface area (Å²) < 4.78 is 11.0. The molecule has 0 saturated carbocycles. The molecule has 0 aliphatic heterocycles. The van der Waals surface area contributed by atoms with Gasteiger partial charge in [0.05, 0.1) is 7.11 Å². The van der Waals surface area contributed by atoms with E-state index in [0.717, 1.165) is 5.57 Å². The van der Waals surface area contributed by atoms with Crippen molar-refractivity contribution in [3.8, 4) is 46.7 Å². The van der Waals surface area contributed by atoms with Crippen LogP contribution in [0.1, 0.15) is 25.0 Å². The second kappa shape index (κ2) is 8.26. The summed E-state index contributed by atoms with van der Waals surface area (Å²) in [6.45, 7) is 3.79. The first-order valence-electron chi connectivity index (χ1n) is 9.26. The fourth-order valence-corrected chi connectivity index (χ4v) is 3.21. The van der Waals surface area contributed by atoms with E-state index in [-0.39, 0.29) is 40.9 Å². The number of allylic oxidation sites excluding steroid dienone is 2.